The summed E-state index contributed by atoms with van der Waals surface area (Å²) in [4.78, 5) is 39.2. The minimum atomic E-state index is -0.535. The number of nitrogens with zero attached hydrogens (tertiary/aromatic N) is 4. The molecule has 0 radical (unpaired) electrons. The van der Waals surface area contributed by atoms with Gasteiger partial charge in [-0.05, 0) is 29.0 Å². The van der Waals surface area contributed by atoms with Crippen LogP contribution in [0.25, 0.3) is 10.4 Å². The minimum Gasteiger partial charge on any atom is -0.339 e. The molecule has 0 bridgehead atoms. The van der Waals surface area contributed by atoms with E-state index in [0.717, 1.165) is 17.5 Å². The summed E-state index contributed by atoms with van der Waals surface area (Å²) >= 11 is 1.70. The highest BCUT2D eigenvalue weighted by atomic mass is 32.1. The summed E-state index contributed by atoms with van der Waals surface area (Å²) in [6.07, 6.45) is 5.87. The van der Waals surface area contributed by atoms with E-state index >= 15 is 0 Å². The summed E-state index contributed by atoms with van der Waals surface area (Å²) in [6, 6.07) is 11.8. The molecule has 3 aromatic rings. The first-order chi connectivity index (χ1) is 14.7. The molecule has 1 aliphatic heterocycles. The molecule has 1 aromatic carbocycles. The highest BCUT2D eigenvalue weighted by molar-refractivity contribution is 7.13. The maximum atomic E-state index is 13.2. The molecule has 7 heteroatoms. The van der Waals surface area contributed by atoms with Crippen molar-refractivity contribution in [3.8, 4) is 10.4 Å². The molecule has 0 spiro atoms. The molecule has 1 fully saturated rings. The molecular formula is C23H24N4O2S. The van der Waals surface area contributed by atoms with Gasteiger partial charge in [0.25, 0.3) is 5.91 Å². The monoisotopic (exact) mass is 420 g/mol. The summed E-state index contributed by atoms with van der Waals surface area (Å²) in [5.74, 6) is -0.240. The molecule has 0 aliphatic carbocycles. The molecule has 0 unspecified atom stereocenters. The van der Waals surface area contributed by atoms with Gasteiger partial charge in [0.2, 0.25) is 5.91 Å². The minimum absolute atomic E-state index is 0.00248. The molecule has 1 saturated heterocycles. The standard InChI is InChI=1S/C23H24N4O2S/c1-2-11-26-12-13-27(22(28)19-16-24-9-10-25-19)20(23(26)29)15-17-5-7-18(8-6-17)21-4-3-14-30-21/h3-10,14,16,20H,2,11-13,15H2,1H3/t20-/m0/s1. The maximum absolute atomic E-state index is 13.2. The molecule has 2 amide bonds. The van der Waals surface area contributed by atoms with E-state index in [0.29, 0.717) is 26.1 Å². The number of hydrogen-bond donors (Lipinski definition) is 0. The van der Waals surface area contributed by atoms with Crippen LogP contribution in [0.2, 0.25) is 0 Å². The van der Waals surface area contributed by atoms with Crippen molar-refractivity contribution in [2.45, 2.75) is 25.8 Å². The SMILES string of the molecule is CCCN1CCN(C(=O)c2cnccn2)[C@@H](Cc2ccc(-c3cccs3)cc2)C1=O. The van der Waals surface area contributed by atoms with E-state index in [4.69, 9.17) is 0 Å². The van der Waals surface area contributed by atoms with Gasteiger partial charge in [0.1, 0.15) is 11.7 Å². The van der Waals surface area contributed by atoms with Crippen molar-refractivity contribution in [3.05, 3.63) is 71.6 Å². The van der Waals surface area contributed by atoms with Crippen molar-refractivity contribution < 1.29 is 9.59 Å². The number of hydrogen-bond acceptors (Lipinski definition) is 5. The van der Waals surface area contributed by atoms with E-state index in [9.17, 15) is 9.59 Å². The third-order valence-corrected chi connectivity index (χ3v) is 6.23. The topological polar surface area (TPSA) is 66.4 Å². The van der Waals surface area contributed by atoms with Crippen molar-refractivity contribution in [2.75, 3.05) is 19.6 Å². The Kier molecular flexibility index (Phi) is 6.18. The lowest BCUT2D eigenvalue weighted by Crippen LogP contribution is -2.59. The van der Waals surface area contributed by atoms with Crippen molar-refractivity contribution >= 4 is 23.2 Å². The van der Waals surface area contributed by atoms with E-state index in [2.05, 4.69) is 40.5 Å². The zero-order valence-electron chi connectivity index (χ0n) is 16.9. The second kappa shape index (κ2) is 9.17. The number of thiophene rings is 1. The van der Waals surface area contributed by atoms with Gasteiger partial charge in [-0.15, -0.1) is 11.3 Å². The van der Waals surface area contributed by atoms with Crippen LogP contribution >= 0.6 is 11.3 Å². The Morgan fingerprint density at radius 1 is 1.17 bits per heavy atom. The number of rotatable bonds is 6. The number of benzene rings is 1. The van der Waals surface area contributed by atoms with Crippen LogP contribution in [0.15, 0.2) is 60.4 Å². The third-order valence-electron chi connectivity index (χ3n) is 5.31. The summed E-state index contributed by atoms with van der Waals surface area (Å²) in [7, 11) is 0. The molecule has 0 N–H and O–H groups in total. The third kappa shape index (κ3) is 4.26. The maximum Gasteiger partial charge on any atom is 0.274 e. The fourth-order valence-electron chi connectivity index (χ4n) is 3.80. The molecule has 30 heavy (non-hydrogen) atoms. The van der Waals surface area contributed by atoms with Crippen LogP contribution in [0, 0.1) is 0 Å². The lowest BCUT2D eigenvalue weighted by atomic mass is 9.99. The van der Waals surface area contributed by atoms with E-state index in [1.54, 1.807) is 16.2 Å². The van der Waals surface area contributed by atoms with Gasteiger partial charge in [-0.2, -0.15) is 0 Å². The van der Waals surface area contributed by atoms with Gasteiger partial charge in [-0.3, -0.25) is 14.6 Å². The molecule has 2 aromatic heterocycles. The molecule has 6 nitrogen and oxygen atoms in total. The lowest BCUT2D eigenvalue weighted by Gasteiger charge is -2.40. The second-order valence-electron chi connectivity index (χ2n) is 7.31. The number of amides is 2. The summed E-state index contributed by atoms with van der Waals surface area (Å²) in [5.41, 5.74) is 2.46. The fraction of sp³-hybridized carbons (Fsp3) is 0.304. The van der Waals surface area contributed by atoms with Crippen molar-refractivity contribution in [1.82, 2.24) is 19.8 Å². The van der Waals surface area contributed by atoms with E-state index in [-0.39, 0.29) is 17.5 Å². The Morgan fingerprint density at radius 3 is 2.67 bits per heavy atom. The Labute approximate surface area is 180 Å². The largest absolute Gasteiger partial charge is 0.339 e. The normalized spacial score (nSPS) is 16.7. The van der Waals surface area contributed by atoms with Crippen LogP contribution in [-0.4, -0.2) is 57.3 Å². The molecule has 1 aliphatic rings. The molecule has 3 heterocycles. The van der Waals surface area contributed by atoms with Gasteiger partial charge in [-0.25, -0.2) is 4.98 Å². The number of aromatic nitrogens is 2. The van der Waals surface area contributed by atoms with E-state index < -0.39 is 6.04 Å². The Bertz CT molecular complexity index is 990. The molecule has 1 atom stereocenters. The number of carbonyl (C=O) groups is 2. The van der Waals surface area contributed by atoms with Crippen LogP contribution in [-0.2, 0) is 11.2 Å². The zero-order chi connectivity index (χ0) is 20.9. The average molecular weight is 421 g/mol. The second-order valence-corrected chi connectivity index (χ2v) is 8.26. The van der Waals surface area contributed by atoms with Crippen LogP contribution in [0.5, 0.6) is 0 Å². The van der Waals surface area contributed by atoms with Gasteiger partial charge in [0, 0.05) is 43.3 Å². The highest BCUT2D eigenvalue weighted by Gasteiger charge is 2.37. The molecule has 4 rings (SSSR count). The summed E-state index contributed by atoms with van der Waals surface area (Å²) in [6.45, 7) is 3.81. The Hall–Kier alpha value is -3.06. The molecular weight excluding hydrogens is 396 g/mol. The van der Waals surface area contributed by atoms with Crippen LogP contribution in [0.1, 0.15) is 29.4 Å². The average Bonchev–Trinajstić information content (AvgIpc) is 3.32. The van der Waals surface area contributed by atoms with Gasteiger partial charge < -0.3 is 9.80 Å². The van der Waals surface area contributed by atoms with E-state index in [1.807, 2.05) is 23.1 Å². The van der Waals surface area contributed by atoms with Crippen LogP contribution in [0.4, 0.5) is 0 Å². The molecule has 154 valence electrons. The van der Waals surface area contributed by atoms with Crippen molar-refractivity contribution in [3.63, 3.8) is 0 Å². The quantitative estimate of drug-likeness (QED) is 0.612. The number of carbonyl (C=O) groups excluding carboxylic acids is 2. The summed E-state index contributed by atoms with van der Waals surface area (Å²) in [5, 5.41) is 2.06. The van der Waals surface area contributed by atoms with Crippen molar-refractivity contribution in [1.29, 1.82) is 0 Å². The van der Waals surface area contributed by atoms with Crippen LogP contribution in [0.3, 0.4) is 0 Å². The number of piperazine rings is 1. The Morgan fingerprint density at radius 2 is 2.00 bits per heavy atom. The summed E-state index contributed by atoms with van der Waals surface area (Å²) < 4.78 is 0. The van der Waals surface area contributed by atoms with Gasteiger partial charge in [-0.1, -0.05) is 37.3 Å². The van der Waals surface area contributed by atoms with E-state index in [1.165, 1.54) is 23.5 Å². The first kappa shape index (κ1) is 20.2. The Balaban J connectivity index is 1.58. The zero-order valence-corrected chi connectivity index (χ0v) is 17.7. The smallest absolute Gasteiger partial charge is 0.274 e. The van der Waals surface area contributed by atoms with Gasteiger partial charge in [0.15, 0.2) is 0 Å². The molecule has 0 saturated carbocycles. The predicted octanol–water partition coefficient (Wildman–Crippen LogP) is 3.51. The first-order valence-corrected chi connectivity index (χ1v) is 11.0. The van der Waals surface area contributed by atoms with Crippen molar-refractivity contribution in [2.24, 2.45) is 0 Å². The predicted molar refractivity (Wildman–Crippen MR) is 117 cm³/mol. The fourth-order valence-corrected chi connectivity index (χ4v) is 4.53. The highest BCUT2D eigenvalue weighted by Crippen LogP contribution is 2.26. The van der Waals surface area contributed by atoms with Gasteiger partial charge in [0.05, 0.1) is 6.20 Å². The lowest BCUT2D eigenvalue weighted by molar-refractivity contribution is -0.140. The first-order valence-electron chi connectivity index (χ1n) is 10.2. The van der Waals surface area contributed by atoms with Crippen LogP contribution < -0.4 is 0 Å². The van der Waals surface area contributed by atoms with Gasteiger partial charge >= 0.3 is 0 Å².